The van der Waals surface area contributed by atoms with Crippen molar-refractivity contribution in [3.63, 3.8) is 0 Å². The van der Waals surface area contributed by atoms with Gasteiger partial charge in [-0.1, -0.05) is 34.4 Å². The lowest BCUT2D eigenvalue weighted by Crippen LogP contribution is -2.42. The molecule has 8 nitrogen and oxygen atoms in total. The number of hydrogen-bond acceptors (Lipinski definition) is 6. The van der Waals surface area contributed by atoms with Gasteiger partial charge in [0.05, 0.1) is 24.9 Å². The number of benzene rings is 2. The molecule has 0 aliphatic carbocycles. The van der Waals surface area contributed by atoms with Crippen LogP contribution in [0, 0.1) is 6.92 Å². The number of nitrogens with zero attached hydrogens (tertiary/aromatic N) is 2. The first-order valence-corrected chi connectivity index (χ1v) is 12.7. The molecule has 2 atom stereocenters. The largest absolute Gasteiger partial charge is 0.442 e. The molecule has 39 heavy (non-hydrogen) atoms. The van der Waals surface area contributed by atoms with Gasteiger partial charge >= 0.3 is 12.3 Å². The van der Waals surface area contributed by atoms with Crippen LogP contribution in [0.4, 0.5) is 18.0 Å². The van der Waals surface area contributed by atoms with Gasteiger partial charge in [0.2, 0.25) is 0 Å². The third-order valence-corrected chi connectivity index (χ3v) is 6.51. The number of carbonyl (C=O) groups is 2. The zero-order valence-corrected chi connectivity index (χ0v) is 23.0. The van der Waals surface area contributed by atoms with E-state index in [2.05, 4.69) is 10.5 Å². The SMILES string of the molecule is Cc1cc(C2=NOC(c3cc(Cl)cc(Cl)c3)(C(F)(F)F)C2)ccc1C(=O)NC1CON(C(=O)OC(C)(C)C)C1. The van der Waals surface area contributed by atoms with Gasteiger partial charge in [0.1, 0.15) is 5.60 Å². The number of hydrogen-bond donors (Lipinski definition) is 1. The summed E-state index contributed by atoms with van der Waals surface area (Å²) in [6.07, 6.45) is -6.09. The van der Waals surface area contributed by atoms with Crippen LogP contribution in [0.2, 0.25) is 10.0 Å². The number of nitrogens with one attached hydrogen (secondary N) is 1. The van der Waals surface area contributed by atoms with Gasteiger partial charge in [-0.15, -0.1) is 0 Å². The molecule has 2 aromatic carbocycles. The molecule has 0 spiro atoms. The molecule has 2 aliphatic heterocycles. The molecule has 210 valence electrons. The summed E-state index contributed by atoms with van der Waals surface area (Å²) in [5.41, 5.74) is -2.50. The molecule has 0 aromatic heterocycles. The molecule has 0 saturated carbocycles. The summed E-state index contributed by atoms with van der Waals surface area (Å²) in [5, 5.41) is 7.66. The third kappa shape index (κ3) is 6.26. The fraction of sp³-hybridized carbons (Fsp3) is 0.423. The van der Waals surface area contributed by atoms with Crippen LogP contribution >= 0.6 is 23.2 Å². The standard InChI is InChI=1S/C26H26Cl2F3N3O5/c1-14-7-15(21-11-25(39-33-21,26(29,30)31)16-8-17(27)10-18(28)9-16)5-6-20(14)22(35)32-19-12-34(37-13-19)23(36)38-24(2,3)4/h5-10,19H,11-13H2,1-4H3,(H,32,35). The molecule has 1 fully saturated rings. The number of aryl methyl sites for hydroxylation is 1. The average molecular weight is 588 g/mol. The van der Waals surface area contributed by atoms with Crippen LogP contribution in [0.1, 0.15) is 54.2 Å². The van der Waals surface area contributed by atoms with Gasteiger partial charge in [-0.2, -0.15) is 18.2 Å². The normalized spacial score (nSPS) is 21.4. The lowest BCUT2D eigenvalue weighted by Gasteiger charge is -2.29. The summed E-state index contributed by atoms with van der Waals surface area (Å²) in [5.74, 6) is -0.429. The Bertz CT molecular complexity index is 1310. The monoisotopic (exact) mass is 587 g/mol. The maximum absolute atomic E-state index is 14.3. The minimum absolute atomic E-state index is 0.0336. The predicted octanol–water partition coefficient (Wildman–Crippen LogP) is 6.16. The Morgan fingerprint density at radius 3 is 2.38 bits per heavy atom. The average Bonchev–Trinajstić information content (AvgIpc) is 3.45. The molecule has 4 rings (SSSR count). The van der Waals surface area contributed by atoms with Crippen molar-refractivity contribution in [2.45, 2.75) is 57.5 Å². The Kier molecular flexibility index (Phi) is 7.81. The van der Waals surface area contributed by atoms with Crippen molar-refractivity contribution in [3.8, 4) is 0 Å². The molecular formula is C26H26Cl2F3N3O5. The smallest absolute Gasteiger partial charge is 0.435 e. The van der Waals surface area contributed by atoms with E-state index in [1.807, 2.05) is 0 Å². The van der Waals surface area contributed by atoms with E-state index in [0.29, 0.717) is 16.7 Å². The van der Waals surface area contributed by atoms with E-state index in [4.69, 9.17) is 37.6 Å². The van der Waals surface area contributed by atoms with Crippen LogP contribution in [0.5, 0.6) is 0 Å². The van der Waals surface area contributed by atoms with Crippen LogP contribution in [0.15, 0.2) is 41.6 Å². The number of carbonyl (C=O) groups excluding carboxylic acids is 2. The second-order valence-corrected chi connectivity index (χ2v) is 11.2. The third-order valence-electron chi connectivity index (χ3n) is 6.07. The Balaban J connectivity index is 1.46. The van der Waals surface area contributed by atoms with Crippen molar-refractivity contribution in [1.29, 1.82) is 0 Å². The maximum Gasteiger partial charge on any atom is 0.435 e. The molecule has 2 heterocycles. The Morgan fingerprint density at radius 1 is 1.13 bits per heavy atom. The number of amides is 2. The van der Waals surface area contributed by atoms with E-state index in [1.165, 1.54) is 18.2 Å². The summed E-state index contributed by atoms with van der Waals surface area (Å²) >= 11 is 11.9. The van der Waals surface area contributed by atoms with Crippen LogP contribution in [-0.4, -0.2) is 53.7 Å². The zero-order chi connectivity index (χ0) is 28.8. The van der Waals surface area contributed by atoms with Crippen molar-refractivity contribution >= 4 is 40.9 Å². The van der Waals surface area contributed by atoms with Crippen LogP contribution < -0.4 is 5.32 Å². The van der Waals surface area contributed by atoms with Crippen LogP contribution in [-0.2, 0) is 20.0 Å². The Morgan fingerprint density at radius 2 is 1.79 bits per heavy atom. The molecule has 2 unspecified atom stereocenters. The van der Waals surface area contributed by atoms with Gasteiger partial charge in [-0.05, 0) is 69.2 Å². The highest BCUT2D eigenvalue weighted by Crippen LogP contribution is 2.49. The van der Waals surface area contributed by atoms with E-state index < -0.39 is 41.8 Å². The van der Waals surface area contributed by atoms with Gasteiger partial charge in [-0.3, -0.25) is 9.63 Å². The summed E-state index contributed by atoms with van der Waals surface area (Å²) in [6, 6.07) is 7.70. The molecule has 2 aliphatic rings. The number of halogens is 5. The summed E-state index contributed by atoms with van der Waals surface area (Å²) in [4.78, 5) is 35.5. The van der Waals surface area contributed by atoms with Crippen molar-refractivity contribution in [2.24, 2.45) is 5.16 Å². The fourth-order valence-corrected chi connectivity index (χ4v) is 4.75. The van der Waals surface area contributed by atoms with Crippen LogP contribution in [0.25, 0.3) is 0 Å². The van der Waals surface area contributed by atoms with E-state index in [-0.39, 0.29) is 34.5 Å². The number of hydroxylamine groups is 2. The first-order chi connectivity index (χ1) is 18.1. The fourth-order valence-electron chi connectivity index (χ4n) is 4.22. The van der Waals surface area contributed by atoms with Crippen molar-refractivity contribution in [1.82, 2.24) is 10.4 Å². The van der Waals surface area contributed by atoms with Gasteiger partial charge in [0, 0.05) is 27.6 Å². The molecule has 2 amide bonds. The van der Waals surface area contributed by atoms with Gasteiger partial charge < -0.3 is 14.9 Å². The molecule has 1 N–H and O–H groups in total. The number of rotatable bonds is 4. The van der Waals surface area contributed by atoms with E-state index in [0.717, 1.165) is 17.2 Å². The van der Waals surface area contributed by atoms with Crippen molar-refractivity contribution < 1.29 is 37.2 Å². The zero-order valence-electron chi connectivity index (χ0n) is 21.5. The quantitative estimate of drug-likeness (QED) is 0.462. The highest BCUT2D eigenvalue weighted by molar-refractivity contribution is 6.34. The number of alkyl halides is 3. The minimum Gasteiger partial charge on any atom is -0.442 e. The lowest BCUT2D eigenvalue weighted by molar-refractivity contribution is -0.275. The Labute approximate surface area is 232 Å². The highest BCUT2D eigenvalue weighted by atomic mass is 35.5. The van der Waals surface area contributed by atoms with E-state index in [1.54, 1.807) is 33.8 Å². The predicted molar refractivity (Wildman–Crippen MR) is 138 cm³/mol. The molecule has 13 heteroatoms. The second-order valence-electron chi connectivity index (χ2n) is 10.3. The van der Waals surface area contributed by atoms with Crippen molar-refractivity contribution in [3.05, 3.63) is 68.7 Å². The highest BCUT2D eigenvalue weighted by Gasteiger charge is 2.62. The summed E-state index contributed by atoms with van der Waals surface area (Å²) < 4.78 is 48.1. The summed E-state index contributed by atoms with van der Waals surface area (Å²) in [6.45, 7) is 7.01. The van der Waals surface area contributed by atoms with Gasteiger partial charge in [-0.25, -0.2) is 4.79 Å². The first-order valence-electron chi connectivity index (χ1n) is 11.9. The minimum atomic E-state index is -4.82. The van der Waals surface area contributed by atoms with Crippen molar-refractivity contribution in [2.75, 3.05) is 13.2 Å². The van der Waals surface area contributed by atoms with E-state index >= 15 is 0 Å². The molecule has 2 aromatic rings. The second kappa shape index (κ2) is 10.5. The number of ether oxygens (including phenoxy) is 1. The summed E-state index contributed by atoms with van der Waals surface area (Å²) in [7, 11) is 0. The van der Waals surface area contributed by atoms with Crippen LogP contribution in [0.3, 0.4) is 0 Å². The first kappa shape index (κ1) is 29.0. The topological polar surface area (TPSA) is 89.5 Å². The van der Waals surface area contributed by atoms with E-state index in [9.17, 15) is 22.8 Å². The number of oxime groups is 1. The Hall–Kier alpha value is -3.02. The molecule has 0 radical (unpaired) electrons. The molecule has 0 bridgehead atoms. The van der Waals surface area contributed by atoms with Gasteiger partial charge in [0.25, 0.3) is 11.5 Å². The van der Waals surface area contributed by atoms with Gasteiger partial charge in [0.15, 0.2) is 0 Å². The molecule has 1 saturated heterocycles. The molecular weight excluding hydrogens is 562 g/mol. The lowest BCUT2D eigenvalue weighted by atomic mass is 9.86. The maximum atomic E-state index is 14.3.